The summed E-state index contributed by atoms with van der Waals surface area (Å²) in [5, 5.41) is 15.4. The zero-order valence-electron chi connectivity index (χ0n) is 16.6. The number of hydrogen-bond acceptors (Lipinski definition) is 5. The molecule has 1 atom stereocenters. The predicted molar refractivity (Wildman–Crippen MR) is 121 cm³/mol. The number of halogens is 2. The van der Waals surface area contributed by atoms with Gasteiger partial charge in [-0.25, -0.2) is 0 Å². The molecule has 0 fully saturated rings. The molecule has 0 saturated carbocycles. The first-order valence-electron chi connectivity index (χ1n) is 9.22. The Labute approximate surface area is 188 Å². The van der Waals surface area contributed by atoms with E-state index in [1.807, 2.05) is 45.0 Å². The van der Waals surface area contributed by atoms with Crippen LogP contribution in [0.4, 0.5) is 5.13 Å². The van der Waals surface area contributed by atoms with Gasteiger partial charge in [-0.1, -0.05) is 78.2 Å². The van der Waals surface area contributed by atoms with E-state index in [2.05, 4.69) is 20.8 Å². The van der Waals surface area contributed by atoms with E-state index in [-0.39, 0.29) is 22.4 Å². The first kappa shape index (κ1) is 22.2. The molecule has 0 radical (unpaired) electrons. The van der Waals surface area contributed by atoms with Gasteiger partial charge >= 0.3 is 0 Å². The molecule has 2 N–H and O–H groups in total. The molecule has 0 bridgehead atoms. The molecule has 0 spiro atoms. The minimum Gasteiger partial charge on any atom is -0.340 e. The van der Waals surface area contributed by atoms with Gasteiger partial charge in [0.2, 0.25) is 11.0 Å². The molecule has 0 aliphatic carbocycles. The Morgan fingerprint density at radius 2 is 1.73 bits per heavy atom. The highest BCUT2D eigenvalue weighted by Crippen LogP contribution is 2.27. The highest BCUT2D eigenvalue weighted by atomic mass is 35.5. The van der Waals surface area contributed by atoms with E-state index in [4.69, 9.17) is 23.2 Å². The topological polar surface area (TPSA) is 84.0 Å². The van der Waals surface area contributed by atoms with Crippen LogP contribution in [0, 0.1) is 12.8 Å². The van der Waals surface area contributed by atoms with Crippen molar-refractivity contribution < 1.29 is 9.59 Å². The van der Waals surface area contributed by atoms with Gasteiger partial charge in [-0.15, -0.1) is 10.2 Å². The summed E-state index contributed by atoms with van der Waals surface area (Å²) in [5.74, 6) is -0.998. The average Bonchev–Trinajstić information content (AvgIpc) is 3.14. The van der Waals surface area contributed by atoms with Crippen LogP contribution in [-0.2, 0) is 4.79 Å². The van der Waals surface area contributed by atoms with Crippen molar-refractivity contribution in [2.75, 3.05) is 5.32 Å². The summed E-state index contributed by atoms with van der Waals surface area (Å²) in [4.78, 5) is 25.4. The number of rotatable bonds is 6. The molecule has 30 heavy (non-hydrogen) atoms. The van der Waals surface area contributed by atoms with Crippen LogP contribution in [0.3, 0.4) is 0 Å². The summed E-state index contributed by atoms with van der Waals surface area (Å²) in [6.45, 7) is 5.69. The molecular formula is C21H20Cl2N4O2S. The number of aryl methyl sites for hydroxylation is 1. The third-order valence-corrected chi connectivity index (χ3v) is 5.80. The summed E-state index contributed by atoms with van der Waals surface area (Å²) < 4.78 is 0. The number of hydrogen-bond donors (Lipinski definition) is 2. The van der Waals surface area contributed by atoms with E-state index in [0.29, 0.717) is 15.2 Å². The molecule has 1 aromatic heterocycles. The maximum atomic E-state index is 12.8. The molecule has 6 nitrogen and oxygen atoms in total. The molecule has 3 rings (SSSR count). The number of anilines is 1. The maximum Gasteiger partial charge on any atom is 0.253 e. The fourth-order valence-electron chi connectivity index (χ4n) is 2.70. The number of carbonyl (C=O) groups excluding carboxylic acids is 2. The third kappa shape index (κ3) is 5.36. The Balaban J connectivity index is 1.71. The lowest BCUT2D eigenvalue weighted by Crippen LogP contribution is -2.47. The summed E-state index contributed by atoms with van der Waals surface area (Å²) in [6.07, 6.45) is 0. The van der Waals surface area contributed by atoms with Crippen LogP contribution in [0.5, 0.6) is 0 Å². The monoisotopic (exact) mass is 462 g/mol. The van der Waals surface area contributed by atoms with Gasteiger partial charge in [0.15, 0.2) is 0 Å². The first-order valence-corrected chi connectivity index (χ1v) is 10.8. The number of amides is 2. The van der Waals surface area contributed by atoms with Gasteiger partial charge in [0.1, 0.15) is 11.0 Å². The van der Waals surface area contributed by atoms with Crippen LogP contribution >= 0.6 is 34.5 Å². The number of carbonyl (C=O) groups is 2. The van der Waals surface area contributed by atoms with Crippen molar-refractivity contribution in [3.05, 3.63) is 63.6 Å². The minimum atomic E-state index is -0.782. The lowest BCUT2D eigenvalue weighted by atomic mass is 10.0. The smallest absolute Gasteiger partial charge is 0.253 e. The second kappa shape index (κ2) is 9.55. The van der Waals surface area contributed by atoms with Gasteiger partial charge in [0.25, 0.3) is 5.91 Å². The first-order chi connectivity index (χ1) is 14.2. The third-order valence-electron chi connectivity index (χ3n) is 4.37. The van der Waals surface area contributed by atoms with Gasteiger partial charge in [-0.2, -0.15) is 0 Å². The Hall–Kier alpha value is -2.48. The highest BCUT2D eigenvalue weighted by Gasteiger charge is 2.26. The van der Waals surface area contributed by atoms with Crippen LogP contribution in [0.2, 0.25) is 10.0 Å². The van der Waals surface area contributed by atoms with Crippen molar-refractivity contribution >= 4 is 51.5 Å². The van der Waals surface area contributed by atoms with Crippen molar-refractivity contribution in [3.63, 3.8) is 0 Å². The number of benzene rings is 2. The Kier molecular flexibility index (Phi) is 7.07. The van der Waals surface area contributed by atoms with Gasteiger partial charge in [0.05, 0.1) is 10.6 Å². The average molecular weight is 463 g/mol. The second-order valence-corrected chi connectivity index (χ2v) is 8.91. The second-order valence-electron chi connectivity index (χ2n) is 7.09. The summed E-state index contributed by atoms with van der Waals surface area (Å²) in [7, 11) is 0. The molecule has 3 aromatic rings. The summed E-state index contributed by atoms with van der Waals surface area (Å²) in [6, 6.07) is 11.7. The van der Waals surface area contributed by atoms with E-state index >= 15 is 0 Å². The Morgan fingerprint density at radius 3 is 2.37 bits per heavy atom. The lowest BCUT2D eigenvalue weighted by molar-refractivity contribution is -0.118. The fourth-order valence-corrected chi connectivity index (χ4v) is 3.94. The number of nitrogens with zero attached hydrogens (tertiary/aromatic N) is 2. The zero-order valence-corrected chi connectivity index (χ0v) is 18.9. The van der Waals surface area contributed by atoms with Gasteiger partial charge in [-0.3, -0.25) is 14.9 Å². The Bertz CT molecular complexity index is 1070. The molecular weight excluding hydrogens is 443 g/mol. The van der Waals surface area contributed by atoms with Crippen LogP contribution in [0.1, 0.15) is 29.8 Å². The van der Waals surface area contributed by atoms with Crippen molar-refractivity contribution in [1.82, 2.24) is 15.5 Å². The number of aromatic nitrogens is 2. The highest BCUT2D eigenvalue weighted by molar-refractivity contribution is 7.18. The molecule has 2 aromatic carbocycles. The summed E-state index contributed by atoms with van der Waals surface area (Å²) >= 11 is 13.3. The molecule has 9 heteroatoms. The molecule has 1 unspecified atom stereocenters. The summed E-state index contributed by atoms with van der Waals surface area (Å²) in [5.41, 5.74) is 2.31. The maximum absolute atomic E-state index is 12.8. The van der Waals surface area contributed by atoms with Gasteiger partial charge < -0.3 is 5.32 Å². The van der Waals surface area contributed by atoms with Crippen molar-refractivity contribution in [3.8, 4) is 10.6 Å². The van der Waals surface area contributed by atoms with E-state index in [1.165, 1.54) is 23.5 Å². The van der Waals surface area contributed by atoms with Crippen LogP contribution < -0.4 is 10.6 Å². The van der Waals surface area contributed by atoms with Crippen molar-refractivity contribution in [2.45, 2.75) is 26.8 Å². The quantitative estimate of drug-likeness (QED) is 0.526. The van der Waals surface area contributed by atoms with Crippen LogP contribution in [0.25, 0.3) is 10.6 Å². The Morgan fingerprint density at radius 1 is 1.03 bits per heavy atom. The molecule has 2 amide bonds. The van der Waals surface area contributed by atoms with Crippen LogP contribution in [-0.4, -0.2) is 28.1 Å². The molecule has 1 heterocycles. The van der Waals surface area contributed by atoms with E-state index in [1.54, 1.807) is 6.07 Å². The van der Waals surface area contributed by atoms with E-state index < -0.39 is 11.9 Å². The standard InChI is InChI=1S/C21H20Cl2N4O2S/c1-11(2)17(24-18(28)15-9-8-14(22)10-16(15)23)19(29)25-21-27-26-20(30-21)13-6-4-12(3)5-7-13/h4-11,17H,1-3H3,(H,24,28)(H,25,27,29). The van der Waals surface area contributed by atoms with E-state index in [9.17, 15) is 9.59 Å². The normalized spacial score (nSPS) is 11.9. The number of nitrogens with one attached hydrogen (secondary N) is 2. The molecule has 0 aliphatic rings. The van der Waals surface area contributed by atoms with Crippen molar-refractivity contribution in [1.29, 1.82) is 0 Å². The zero-order chi connectivity index (χ0) is 21.8. The lowest BCUT2D eigenvalue weighted by Gasteiger charge is -2.21. The SMILES string of the molecule is Cc1ccc(-c2nnc(NC(=O)C(NC(=O)c3ccc(Cl)cc3Cl)C(C)C)s2)cc1. The molecule has 0 aliphatic heterocycles. The molecule has 156 valence electrons. The van der Waals surface area contributed by atoms with E-state index in [0.717, 1.165) is 11.1 Å². The predicted octanol–water partition coefficient (Wildman–Crippen LogP) is 5.21. The minimum absolute atomic E-state index is 0.162. The van der Waals surface area contributed by atoms with Gasteiger partial charge in [0, 0.05) is 10.6 Å². The fraction of sp³-hybridized carbons (Fsp3) is 0.238. The largest absolute Gasteiger partial charge is 0.340 e. The van der Waals surface area contributed by atoms with Gasteiger partial charge in [-0.05, 0) is 31.0 Å². The van der Waals surface area contributed by atoms with Crippen LogP contribution in [0.15, 0.2) is 42.5 Å². The molecule has 0 saturated heterocycles. The van der Waals surface area contributed by atoms with Crippen molar-refractivity contribution in [2.24, 2.45) is 5.92 Å².